The predicted molar refractivity (Wildman–Crippen MR) is 89.8 cm³/mol. The molecule has 0 aliphatic rings. The van der Waals surface area contributed by atoms with E-state index >= 15 is 0 Å². The van der Waals surface area contributed by atoms with Gasteiger partial charge >= 0.3 is 18.2 Å². The van der Waals surface area contributed by atoms with Crippen molar-refractivity contribution < 1.29 is 32.6 Å². The van der Waals surface area contributed by atoms with Gasteiger partial charge in [0.1, 0.15) is 11.6 Å². The summed E-state index contributed by atoms with van der Waals surface area (Å²) in [4.78, 5) is 23.6. The molecule has 0 aliphatic heterocycles. The van der Waals surface area contributed by atoms with Gasteiger partial charge in [0.25, 0.3) is 0 Å². The average molecular weight is 373 g/mol. The molecule has 144 valence electrons. The molecule has 1 aromatic rings. The van der Waals surface area contributed by atoms with Crippen LogP contribution in [0.1, 0.15) is 44.7 Å². The third kappa shape index (κ3) is 6.42. The van der Waals surface area contributed by atoms with Crippen molar-refractivity contribution in [2.45, 2.75) is 51.4 Å². The van der Waals surface area contributed by atoms with Crippen LogP contribution in [0.15, 0.2) is 36.4 Å². The van der Waals surface area contributed by atoms with E-state index in [2.05, 4.69) is 5.32 Å². The molecule has 2 N–H and O–H groups in total. The van der Waals surface area contributed by atoms with Crippen LogP contribution in [0.4, 0.5) is 18.0 Å². The van der Waals surface area contributed by atoms with Crippen LogP contribution in [0.2, 0.25) is 0 Å². The highest BCUT2D eigenvalue weighted by atomic mass is 19.4. The van der Waals surface area contributed by atoms with Crippen LogP contribution in [0.5, 0.6) is 0 Å². The van der Waals surface area contributed by atoms with Gasteiger partial charge in [0.2, 0.25) is 0 Å². The second-order valence-electron chi connectivity index (χ2n) is 6.63. The first-order valence-corrected chi connectivity index (χ1v) is 7.87. The minimum atomic E-state index is -4.49. The minimum absolute atomic E-state index is 0.319. The van der Waals surface area contributed by atoms with Crippen LogP contribution in [0, 0.1) is 0 Å². The smallest absolute Gasteiger partial charge is 0.416 e. The molecule has 0 saturated carbocycles. The Balaban J connectivity index is 3.14. The molecule has 2 atom stereocenters. The number of alkyl halides is 3. The zero-order valence-corrected chi connectivity index (χ0v) is 14.9. The molecular weight excluding hydrogens is 351 g/mol. The highest BCUT2D eigenvalue weighted by Gasteiger charge is 2.33. The Morgan fingerprint density at radius 2 is 1.69 bits per heavy atom. The predicted octanol–water partition coefficient (Wildman–Crippen LogP) is 4.34. The molecule has 0 aliphatic carbocycles. The lowest BCUT2D eigenvalue weighted by atomic mass is 9.90. The Morgan fingerprint density at radius 3 is 2.08 bits per heavy atom. The number of carboxylic acid groups (broad SMARTS) is 1. The number of carbonyl (C=O) groups excluding carboxylic acids is 1. The zero-order valence-electron chi connectivity index (χ0n) is 14.9. The molecule has 1 aromatic carbocycles. The number of benzene rings is 1. The van der Waals surface area contributed by atoms with Crippen LogP contribution in [0.25, 0.3) is 0 Å². The van der Waals surface area contributed by atoms with E-state index < -0.39 is 41.4 Å². The summed E-state index contributed by atoms with van der Waals surface area (Å²) in [5.41, 5.74) is -1.34. The summed E-state index contributed by atoms with van der Waals surface area (Å²) in [6.45, 7) is 6.52. The first kappa shape index (κ1) is 21.5. The van der Waals surface area contributed by atoms with E-state index in [4.69, 9.17) is 4.74 Å². The number of alkyl carbamates (subject to hydrolysis) is 1. The molecule has 0 radical (unpaired) electrons. The summed E-state index contributed by atoms with van der Waals surface area (Å²) in [6, 6.07) is 2.73. The van der Waals surface area contributed by atoms with Gasteiger partial charge in [0.15, 0.2) is 0 Å². The number of carbonyl (C=O) groups is 2. The van der Waals surface area contributed by atoms with E-state index in [0.717, 1.165) is 12.1 Å². The van der Waals surface area contributed by atoms with Crippen LogP contribution in [-0.2, 0) is 15.7 Å². The van der Waals surface area contributed by atoms with E-state index in [1.54, 1.807) is 33.8 Å². The van der Waals surface area contributed by atoms with Crippen molar-refractivity contribution in [3.63, 3.8) is 0 Å². The molecule has 0 aromatic heterocycles. The third-order valence-corrected chi connectivity index (χ3v) is 3.32. The van der Waals surface area contributed by atoms with Gasteiger partial charge in [-0.1, -0.05) is 24.3 Å². The summed E-state index contributed by atoms with van der Waals surface area (Å²) in [7, 11) is 0. The number of ether oxygens (including phenoxy) is 1. The second-order valence-corrected chi connectivity index (χ2v) is 6.63. The van der Waals surface area contributed by atoms with E-state index in [9.17, 15) is 27.9 Å². The standard InChI is InChI=1S/C18H22F3NO4/c1-5-6-13(11-7-9-12(10-8-11)18(19,20)21)14(15(23)24)22-16(25)26-17(2,3)4/h5-10,13-14H,1-4H3,(H,22,25)(H,23,24)/b6-5+/t13-,14-/m0/s1. The molecular formula is C18H22F3NO4. The summed E-state index contributed by atoms with van der Waals surface area (Å²) in [6.07, 6.45) is -2.35. The number of carboxylic acids is 1. The Kier molecular flexibility index (Phi) is 6.83. The van der Waals surface area contributed by atoms with E-state index in [1.165, 1.54) is 18.2 Å². The first-order chi connectivity index (χ1) is 11.8. The lowest BCUT2D eigenvalue weighted by Gasteiger charge is -2.25. The molecule has 0 fully saturated rings. The Labute approximate surface area is 149 Å². The highest BCUT2D eigenvalue weighted by Crippen LogP contribution is 2.31. The number of amides is 1. The van der Waals surface area contributed by atoms with Crippen molar-refractivity contribution in [3.8, 4) is 0 Å². The maximum Gasteiger partial charge on any atom is 0.416 e. The Morgan fingerprint density at radius 1 is 1.15 bits per heavy atom. The fraction of sp³-hybridized carbons (Fsp3) is 0.444. The number of rotatable bonds is 5. The molecule has 0 heterocycles. The van der Waals surface area contributed by atoms with Gasteiger partial charge in [-0.15, -0.1) is 0 Å². The summed E-state index contributed by atoms with van der Waals surface area (Å²) in [5, 5.41) is 11.7. The monoisotopic (exact) mass is 373 g/mol. The lowest BCUT2D eigenvalue weighted by Crippen LogP contribution is -2.46. The number of hydrogen-bond acceptors (Lipinski definition) is 3. The van der Waals surface area contributed by atoms with Crippen LogP contribution in [0.3, 0.4) is 0 Å². The van der Waals surface area contributed by atoms with Gasteiger partial charge in [-0.25, -0.2) is 9.59 Å². The van der Waals surface area contributed by atoms with Crippen molar-refractivity contribution in [2.75, 3.05) is 0 Å². The summed E-state index contributed by atoms with van der Waals surface area (Å²) in [5.74, 6) is -2.20. The molecule has 5 nitrogen and oxygen atoms in total. The van der Waals surface area contributed by atoms with Crippen molar-refractivity contribution in [1.82, 2.24) is 5.32 Å². The quantitative estimate of drug-likeness (QED) is 0.753. The number of halogens is 3. The molecule has 1 amide bonds. The topological polar surface area (TPSA) is 75.6 Å². The highest BCUT2D eigenvalue weighted by molar-refractivity contribution is 5.81. The van der Waals surface area contributed by atoms with E-state index in [-0.39, 0.29) is 0 Å². The van der Waals surface area contributed by atoms with Gasteiger partial charge < -0.3 is 15.2 Å². The first-order valence-electron chi connectivity index (χ1n) is 7.87. The van der Waals surface area contributed by atoms with Gasteiger partial charge in [-0.05, 0) is 45.4 Å². The van der Waals surface area contributed by atoms with Gasteiger partial charge in [-0.2, -0.15) is 13.2 Å². The molecule has 0 bridgehead atoms. The third-order valence-electron chi connectivity index (χ3n) is 3.32. The fourth-order valence-electron chi connectivity index (χ4n) is 2.26. The SMILES string of the molecule is C/C=C/[C@@H](c1ccc(C(F)(F)F)cc1)[C@H](NC(=O)OC(C)(C)C)C(=O)O. The number of nitrogens with one attached hydrogen (secondary N) is 1. The van der Waals surface area contributed by atoms with Gasteiger partial charge in [0.05, 0.1) is 5.56 Å². The second kappa shape index (κ2) is 8.25. The Bertz CT molecular complexity index is 660. The van der Waals surface area contributed by atoms with Crippen molar-refractivity contribution in [1.29, 1.82) is 0 Å². The number of allylic oxidation sites excluding steroid dienone is 1. The Hall–Kier alpha value is -2.51. The van der Waals surface area contributed by atoms with Crippen molar-refractivity contribution in [2.24, 2.45) is 0 Å². The van der Waals surface area contributed by atoms with Crippen molar-refractivity contribution >= 4 is 12.1 Å². The summed E-state index contributed by atoms with van der Waals surface area (Å²) < 4.78 is 43.2. The zero-order chi connectivity index (χ0) is 20.1. The number of hydrogen-bond donors (Lipinski definition) is 2. The normalized spacial score (nSPS) is 14.7. The minimum Gasteiger partial charge on any atom is -0.480 e. The van der Waals surface area contributed by atoms with E-state index in [1.807, 2.05) is 0 Å². The molecule has 8 heteroatoms. The summed E-state index contributed by atoms with van der Waals surface area (Å²) >= 11 is 0. The molecule has 0 spiro atoms. The van der Waals surface area contributed by atoms with Gasteiger partial charge in [-0.3, -0.25) is 0 Å². The molecule has 26 heavy (non-hydrogen) atoms. The van der Waals surface area contributed by atoms with Crippen LogP contribution < -0.4 is 5.32 Å². The maximum absolute atomic E-state index is 12.7. The van der Waals surface area contributed by atoms with Crippen LogP contribution >= 0.6 is 0 Å². The molecule has 0 unspecified atom stereocenters. The van der Waals surface area contributed by atoms with Crippen LogP contribution in [-0.4, -0.2) is 28.8 Å². The van der Waals surface area contributed by atoms with E-state index in [0.29, 0.717) is 5.56 Å². The fourth-order valence-corrected chi connectivity index (χ4v) is 2.26. The lowest BCUT2D eigenvalue weighted by molar-refractivity contribution is -0.140. The largest absolute Gasteiger partial charge is 0.480 e. The number of aliphatic carboxylic acids is 1. The average Bonchev–Trinajstić information content (AvgIpc) is 2.48. The van der Waals surface area contributed by atoms with Crippen molar-refractivity contribution in [3.05, 3.63) is 47.5 Å². The molecule has 1 rings (SSSR count). The molecule has 0 saturated heterocycles. The van der Waals surface area contributed by atoms with Gasteiger partial charge in [0, 0.05) is 5.92 Å². The maximum atomic E-state index is 12.7.